The number of carbonyl (C=O) groups excluding carboxylic acids is 1. The molecule has 1 aromatic rings. The lowest BCUT2D eigenvalue weighted by atomic mass is 10.1. The van der Waals surface area contributed by atoms with Crippen LogP contribution in [0.4, 0.5) is 4.79 Å². The van der Waals surface area contributed by atoms with Crippen molar-refractivity contribution in [3.05, 3.63) is 27.4 Å². The molecule has 0 aliphatic carbocycles. The first-order valence-corrected chi connectivity index (χ1v) is 7.77. The summed E-state index contributed by atoms with van der Waals surface area (Å²) in [5.74, 6) is 0. The Morgan fingerprint density at radius 3 is 2.86 bits per heavy atom. The smallest absolute Gasteiger partial charge is 0.410 e. The van der Waals surface area contributed by atoms with Gasteiger partial charge in [-0.25, -0.2) is 9.78 Å². The Bertz CT molecular complexity index is 580. The van der Waals surface area contributed by atoms with Crippen LogP contribution < -0.4 is 5.56 Å². The third-order valence-corrected chi connectivity index (χ3v) is 3.80. The zero-order chi connectivity index (χ0) is 15.6. The molecule has 0 aromatic carbocycles. The summed E-state index contributed by atoms with van der Waals surface area (Å²) in [4.78, 5) is 29.9. The van der Waals surface area contributed by atoms with Gasteiger partial charge < -0.3 is 9.64 Å². The van der Waals surface area contributed by atoms with Crippen molar-refractivity contribution in [1.82, 2.24) is 14.5 Å². The second-order valence-electron chi connectivity index (χ2n) is 6.18. The maximum Gasteiger partial charge on any atom is 0.410 e. The molecule has 0 spiro atoms. The van der Waals surface area contributed by atoms with E-state index in [2.05, 4.69) is 20.9 Å². The summed E-state index contributed by atoms with van der Waals surface area (Å²) in [5, 5.41) is 0. The highest BCUT2D eigenvalue weighted by molar-refractivity contribution is 9.10. The first-order valence-electron chi connectivity index (χ1n) is 6.97. The first kappa shape index (κ1) is 16.0. The van der Waals surface area contributed by atoms with E-state index in [1.807, 2.05) is 20.8 Å². The summed E-state index contributed by atoms with van der Waals surface area (Å²) in [6.07, 6.45) is 4.35. The molecular formula is C14H20BrN3O3. The zero-order valence-corrected chi connectivity index (χ0v) is 14.1. The summed E-state index contributed by atoms with van der Waals surface area (Å²) in [6, 6.07) is -0.0660. The van der Waals surface area contributed by atoms with Crippen LogP contribution in [0.2, 0.25) is 0 Å². The highest BCUT2D eigenvalue weighted by Crippen LogP contribution is 2.22. The van der Waals surface area contributed by atoms with Crippen molar-refractivity contribution < 1.29 is 9.53 Å². The predicted octanol–water partition coefficient (Wildman–Crippen LogP) is 2.58. The molecule has 2 heterocycles. The molecule has 0 N–H and O–H groups in total. The van der Waals surface area contributed by atoms with Gasteiger partial charge in [0.15, 0.2) is 0 Å². The predicted molar refractivity (Wildman–Crippen MR) is 82.3 cm³/mol. The van der Waals surface area contributed by atoms with E-state index in [-0.39, 0.29) is 17.7 Å². The number of amides is 1. The van der Waals surface area contributed by atoms with E-state index < -0.39 is 5.60 Å². The maximum absolute atomic E-state index is 12.1. The second kappa shape index (κ2) is 6.17. The Morgan fingerprint density at radius 2 is 2.19 bits per heavy atom. The summed E-state index contributed by atoms with van der Waals surface area (Å²) in [6.45, 7) is 6.65. The third-order valence-electron chi connectivity index (χ3n) is 3.26. The molecule has 7 heteroatoms. The normalized spacial score (nSPS) is 19.4. The van der Waals surface area contributed by atoms with E-state index in [1.165, 1.54) is 12.5 Å². The Balaban J connectivity index is 2.12. The van der Waals surface area contributed by atoms with Crippen LogP contribution in [0.3, 0.4) is 0 Å². The monoisotopic (exact) mass is 357 g/mol. The molecule has 1 saturated heterocycles. The number of likely N-dealkylation sites (tertiary alicyclic amines) is 1. The van der Waals surface area contributed by atoms with E-state index in [4.69, 9.17) is 4.74 Å². The van der Waals surface area contributed by atoms with Crippen molar-refractivity contribution in [2.45, 2.75) is 45.3 Å². The van der Waals surface area contributed by atoms with Crippen LogP contribution >= 0.6 is 15.9 Å². The third kappa shape index (κ3) is 4.06. The van der Waals surface area contributed by atoms with Crippen molar-refractivity contribution >= 4 is 22.0 Å². The van der Waals surface area contributed by atoms with Gasteiger partial charge in [0.05, 0.1) is 12.4 Å². The number of ether oxygens (including phenoxy) is 1. The molecule has 1 aromatic heterocycles. The number of hydrogen-bond donors (Lipinski definition) is 0. The summed E-state index contributed by atoms with van der Waals surface area (Å²) >= 11 is 3.20. The molecule has 0 bridgehead atoms. The summed E-state index contributed by atoms with van der Waals surface area (Å²) in [7, 11) is 0. The molecule has 1 amide bonds. The lowest BCUT2D eigenvalue weighted by molar-refractivity contribution is 0.0170. The fraction of sp³-hybridized carbons (Fsp3) is 0.643. The van der Waals surface area contributed by atoms with Gasteiger partial charge in [0, 0.05) is 19.3 Å². The highest BCUT2D eigenvalue weighted by Gasteiger charge is 2.28. The summed E-state index contributed by atoms with van der Waals surface area (Å²) in [5.41, 5.74) is -0.640. The van der Waals surface area contributed by atoms with Crippen molar-refractivity contribution in [1.29, 1.82) is 0 Å². The molecule has 1 atom stereocenters. The van der Waals surface area contributed by atoms with Crippen LogP contribution in [-0.4, -0.2) is 39.2 Å². The molecule has 1 aliphatic rings. The second-order valence-corrected chi connectivity index (χ2v) is 7.03. The average molecular weight is 358 g/mol. The van der Waals surface area contributed by atoms with Gasteiger partial charge in [-0.3, -0.25) is 9.36 Å². The topological polar surface area (TPSA) is 64.4 Å². The van der Waals surface area contributed by atoms with E-state index in [9.17, 15) is 9.59 Å². The SMILES string of the molecule is CC(C)(C)OC(=O)N1CCCC(n2cncc(Br)c2=O)C1. The van der Waals surface area contributed by atoms with Crippen LogP contribution in [0.15, 0.2) is 21.8 Å². The van der Waals surface area contributed by atoms with Gasteiger partial charge in [0.2, 0.25) is 0 Å². The Labute approximate surface area is 132 Å². The Hall–Kier alpha value is -1.37. The van der Waals surface area contributed by atoms with E-state index >= 15 is 0 Å². The maximum atomic E-state index is 12.1. The number of aromatic nitrogens is 2. The molecule has 21 heavy (non-hydrogen) atoms. The Morgan fingerprint density at radius 1 is 1.48 bits per heavy atom. The zero-order valence-electron chi connectivity index (χ0n) is 12.5. The van der Waals surface area contributed by atoms with Gasteiger partial charge in [0.25, 0.3) is 5.56 Å². The number of piperidine rings is 1. The molecule has 0 saturated carbocycles. The number of hydrogen-bond acceptors (Lipinski definition) is 4. The molecule has 116 valence electrons. The molecule has 1 aliphatic heterocycles. The minimum Gasteiger partial charge on any atom is -0.444 e. The minimum absolute atomic E-state index is 0.0660. The van der Waals surface area contributed by atoms with Gasteiger partial charge in [0.1, 0.15) is 10.1 Å². The van der Waals surface area contributed by atoms with E-state index in [0.29, 0.717) is 17.6 Å². The molecule has 0 radical (unpaired) electrons. The van der Waals surface area contributed by atoms with E-state index in [1.54, 1.807) is 9.47 Å². The fourth-order valence-corrected chi connectivity index (χ4v) is 2.66. The number of nitrogens with zero attached hydrogens (tertiary/aromatic N) is 3. The Kier molecular flexibility index (Phi) is 4.70. The number of halogens is 1. The fourth-order valence-electron chi connectivity index (χ4n) is 2.34. The van der Waals surface area contributed by atoms with Crippen molar-refractivity contribution in [2.24, 2.45) is 0 Å². The average Bonchev–Trinajstić information content (AvgIpc) is 2.40. The minimum atomic E-state index is -0.516. The van der Waals surface area contributed by atoms with Crippen molar-refractivity contribution in [3.63, 3.8) is 0 Å². The van der Waals surface area contributed by atoms with Gasteiger partial charge in [-0.15, -0.1) is 0 Å². The lowest BCUT2D eigenvalue weighted by Crippen LogP contribution is -2.45. The molecule has 1 fully saturated rings. The van der Waals surface area contributed by atoms with E-state index in [0.717, 1.165) is 12.8 Å². The molecule has 6 nitrogen and oxygen atoms in total. The molecule has 2 rings (SSSR count). The van der Waals surface area contributed by atoms with Gasteiger partial charge in [-0.2, -0.15) is 0 Å². The standard InChI is InChI=1S/C14H20BrN3O3/c1-14(2,3)21-13(20)17-6-4-5-10(8-17)18-9-16-7-11(15)12(18)19/h7,9-10H,4-6,8H2,1-3H3. The van der Waals surface area contributed by atoms with Crippen LogP contribution in [0.1, 0.15) is 39.7 Å². The number of carbonyl (C=O) groups is 1. The lowest BCUT2D eigenvalue weighted by Gasteiger charge is -2.34. The van der Waals surface area contributed by atoms with Gasteiger partial charge in [-0.1, -0.05) is 0 Å². The van der Waals surface area contributed by atoms with Gasteiger partial charge >= 0.3 is 6.09 Å². The molecular weight excluding hydrogens is 338 g/mol. The van der Waals surface area contributed by atoms with Crippen LogP contribution in [0.25, 0.3) is 0 Å². The van der Waals surface area contributed by atoms with Crippen LogP contribution in [0.5, 0.6) is 0 Å². The number of rotatable bonds is 1. The summed E-state index contributed by atoms with van der Waals surface area (Å²) < 4.78 is 7.40. The first-order chi connectivity index (χ1) is 9.78. The van der Waals surface area contributed by atoms with Crippen LogP contribution in [0, 0.1) is 0 Å². The highest BCUT2D eigenvalue weighted by atomic mass is 79.9. The van der Waals surface area contributed by atoms with Gasteiger partial charge in [-0.05, 0) is 49.5 Å². The van der Waals surface area contributed by atoms with Crippen molar-refractivity contribution in [3.8, 4) is 0 Å². The quantitative estimate of drug-likeness (QED) is 0.774. The van der Waals surface area contributed by atoms with Crippen LogP contribution in [-0.2, 0) is 4.74 Å². The molecule has 1 unspecified atom stereocenters. The largest absolute Gasteiger partial charge is 0.444 e. The van der Waals surface area contributed by atoms with Crippen molar-refractivity contribution in [2.75, 3.05) is 13.1 Å².